The van der Waals surface area contributed by atoms with Gasteiger partial charge in [0.1, 0.15) is 5.01 Å². The Morgan fingerprint density at radius 3 is 2.35 bits per heavy atom. The summed E-state index contributed by atoms with van der Waals surface area (Å²) in [6.07, 6.45) is 0. The van der Waals surface area contributed by atoms with Crippen molar-refractivity contribution in [1.29, 1.82) is 0 Å². The summed E-state index contributed by atoms with van der Waals surface area (Å²) in [5, 5.41) is 30.4. The fourth-order valence-electron chi connectivity index (χ4n) is 2.14. The summed E-state index contributed by atoms with van der Waals surface area (Å²) < 4.78 is 0.684. The first kappa shape index (κ1) is 17.8. The molecular formula is C15H11N5O4S2. The van der Waals surface area contributed by atoms with Crippen molar-refractivity contribution in [2.24, 2.45) is 0 Å². The van der Waals surface area contributed by atoms with Crippen molar-refractivity contribution >= 4 is 40.2 Å². The molecule has 0 bridgehead atoms. The zero-order valence-electron chi connectivity index (χ0n) is 13.1. The summed E-state index contributed by atoms with van der Waals surface area (Å²) in [5.41, 5.74) is 7.44. The number of thioether (sulfide) groups is 1. The number of nitro benzene ring substituents is 2. The lowest BCUT2D eigenvalue weighted by molar-refractivity contribution is -0.385. The fourth-order valence-corrected chi connectivity index (χ4v) is 3.93. The first-order valence-corrected chi connectivity index (χ1v) is 8.97. The number of nitrogens with zero attached hydrogens (tertiary/aromatic N) is 4. The third-order valence-electron chi connectivity index (χ3n) is 3.30. The minimum absolute atomic E-state index is 0.0103. The number of nitro groups is 2. The van der Waals surface area contributed by atoms with E-state index in [1.54, 1.807) is 18.2 Å². The minimum Gasteiger partial charge on any atom is -0.399 e. The number of nitrogen functional groups attached to an aromatic ring is 1. The van der Waals surface area contributed by atoms with Gasteiger partial charge in [0.15, 0.2) is 4.34 Å². The van der Waals surface area contributed by atoms with E-state index in [2.05, 4.69) is 10.2 Å². The molecule has 0 radical (unpaired) electrons. The normalized spacial score (nSPS) is 10.6. The summed E-state index contributed by atoms with van der Waals surface area (Å²) >= 11 is 2.72. The van der Waals surface area contributed by atoms with Gasteiger partial charge in [0.25, 0.3) is 11.4 Å². The van der Waals surface area contributed by atoms with E-state index in [0.717, 1.165) is 5.56 Å². The van der Waals surface area contributed by atoms with Crippen LogP contribution in [0.15, 0.2) is 46.8 Å². The second kappa shape index (κ2) is 7.45. The second-order valence-corrected chi connectivity index (χ2v) is 7.36. The number of hydrogen-bond acceptors (Lipinski definition) is 9. The lowest BCUT2D eigenvalue weighted by atomic mass is 10.2. The zero-order valence-corrected chi connectivity index (χ0v) is 14.7. The Bertz CT molecular complexity index is 974. The van der Waals surface area contributed by atoms with Crippen LogP contribution in [0.5, 0.6) is 0 Å². The van der Waals surface area contributed by atoms with Gasteiger partial charge in [0, 0.05) is 41.3 Å². The Hall–Kier alpha value is -3.05. The topological polar surface area (TPSA) is 138 Å². The van der Waals surface area contributed by atoms with E-state index in [9.17, 15) is 20.2 Å². The van der Waals surface area contributed by atoms with Gasteiger partial charge in [-0.25, -0.2) is 0 Å². The van der Waals surface area contributed by atoms with Crippen molar-refractivity contribution in [2.45, 2.75) is 10.1 Å². The highest BCUT2D eigenvalue weighted by molar-refractivity contribution is 8.00. The Morgan fingerprint density at radius 2 is 1.69 bits per heavy atom. The van der Waals surface area contributed by atoms with E-state index in [4.69, 9.17) is 5.73 Å². The first-order chi connectivity index (χ1) is 12.4. The minimum atomic E-state index is -0.484. The number of non-ortho nitro benzene ring substituents is 2. The van der Waals surface area contributed by atoms with Crippen LogP contribution >= 0.6 is 23.1 Å². The van der Waals surface area contributed by atoms with Crippen LogP contribution < -0.4 is 5.73 Å². The first-order valence-electron chi connectivity index (χ1n) is 7.17. The van der Waals surface area contributed by atoms with Gasteiger partial charge in [-0.1, -0.05) is 23.1 Å². The Labute approximate surface area is 155 Å². The van der Waals surface area contributed by atoms with Gasteiger partial charge in [-0.05, 0) is 23.8 Å². The van der Waals surface area contributed by atoms with Gasteiger partial charge in [0.2, 0.25) is 0 Å². The average Bonchev–Trinajstić information content (AvgIpc) is 3.08. The molecule has 0 saturated carbocycles. The Morgan fingerprint density at radius 1 is 1.00 bits per heavy atom. The Balaban J connectivity index is 1.71. The van der Waals surface area contributed by atoms with Crippen molar-refractivity contribution in [3.8, 4) is 10.6 Å². The molecule has 0 aliphatic carbocycles. The zero-order chi connectivity index (χ0) is 18.7. The van der Waals surface area contributed by atoms with E-state index in [1.165, 1.54) is 47.4 Å². The highest BCUT2D eigenvalue weighted by Crippen LogP contribution is 2.32. The number of nitrogens with two attached hydrogens (primary N) is 1. The van der Waals surface area contributed by atoms with Crippen LogP contribution in [0.3, 0.4) is 0 Å². The molecule has 0 unspecified atom stereocenters. The van der Waals surface area contributed by atoms with E-state index in [-0.39, 0.29) is 11.4 Å². The van der Waals surface area contributed by atoms with E-state index < -0.39 is 9.85 Å². The molecule has 0 aliphatic heterocycles. The van der Waals surface area contributed by atoms with E-state index in [1.807, 2.05) is 0 Å². The lowest BCUT2D eigenvalue weighted by Gasteiger charge is -2.01. The van der Waals surface area contributed by atoms with Crippen molar-refractivity contribution < 1.29 is 9.85 Å². The molecule has 0 aliphatic rings. The van der Waals surface area contributed by atoms with Crippen LogP contribution in [0, 0.1) is 20.2 Å². The smallest absolute Gasteiger partial charge is 0.271 e. The molecular weight excluding hydrogens is 378 g/mol. The van der Waals surface area contributed by atoms with Gasteiger partial charge in [-0.2, -0.15) is 0 Å². The molecule has 3 aromatic rings. The maximum atomic E-state index is 10.9. The maximum Gasteiger partial charge on any atom is 0.271 e. The molecule has 0 atom stereocenters. The largest absolute Gasteiger partial charge is 0.399 e. The van der Waals surface area contributed by atoms with Gasteiger partial charge >= 0.3 is 0 Å². The van der Waals surface area contributed by atoms with E-state index in [0.29, 0.717) is 26.4 Å². The molecule has 0 saturated heterocycles. The molecule has 1 aromatic heterocycles. The molecule has 1 heterocycles. The van der Waals surface area contributed by atoms with Crippen molar-refractivity contribution in [3.05, 3.63) is 68.3 Å². The molecule has 2 N–H and O–H groups in total. The molecule has 9 nitrogen and oxygen atoms in total. The molecule has 11 heteroatoms. The highest BCUT2D eigenvalue weighted by Gasteiger charge is 2.12. The lowest BCUT2D eigenvalue weighted by Crippen LogP contribution is -1.94. The fraction of sp³-hybridized carbons (Fsp3) is 0.0667. The van der Waals surface area contributed by atoms with Crippen molar-refractivity contribution in [3.63, 3.8) is 0 Å². The summed E-state index contributed by atoms with van der Waals surface area (Å²) in [7, 11) is 0. The van der Waals surface area contributed by atoms with Crippen molar-refractivity contribution in [2.75, 3.05) is 5.73 Å². The summed E-state index contributed by atoms with van der Waals surface area (Å²) in [6.45, 7) is 0. The van der Waals surface area contributed by atoms with Crippen LogP contribution in [0.4, 0.5) is 17.1 Å². The van der Waals surface area contributed by atoms with Crippen LogP contribution in [0.1, 0.15) is 5.56 Å². The number of aromatic nitrogens is 2. The SMILES string of the molecule is Nc1cc(CSc2nnc(-c3ccc([N+](=O)[O-])cc3)s2)cc([N+](=O)[O-])c1. The molecule has 0 fully saturated rings. The van der Waals surface area contributed by atoms with Gasteiger partial charge in [0.05, 0.1) is 9.85 Å². The number of anilines is 1. The van der Waals surface area contributed by atoms with Gasteiger partial charge < -0.3 is 5.73 Å². The number of benzene rings is 2. The molecule has 0 amide bonds. The van der Waals surface area contributed by atoms with Gasteiger partial charge in [-0.15, -0.1) is 10.2 Å². The molecule has 0 spiro atoms. The quantitative estimate of drug-likeness (QED) is 0.290. The van der Waals surface area contributed by atoms with Crippen LogP contribution in [-0.4, -0.2) is 20.0 Å². The standard InChI is InChI=1S/C15H11N5O4S2/c16-11-5-9(6-13(7-11)20(23)24)8-25-15-18-17-14(26-15)10-1-3-12(4-2-10)19(21)22/h1-7H,8,16H2. The van der Waals surface area contributed by atoms with Crippen LogP contribution in [-0.2, 0) is 5.75 Å². The predicted molar refractivity (Wildman–Crippen MR) is 99.1 cm³/mol. The molecule has 26 heavy (non-hydrogen) atoms. The molecule has 3 rings (SSSR count). The van der Waals surface area contributed by atoms with E-state index >= 15 is 0 Å². The van der Waals surface area contributed by atoms with Crippen molar-refractivity contribution in [1.82, 2.24) is 10.2 Å². The Kier molecular flexibility index (Phi) is 5.09. The summed E-state index contributed by atoms with van der Waals surface area (Å²) in [6, 6.07) is 10.5. The third kappa shape index (κ3) is 4.13. The summed E-state index contributed by atoms with van der Waals surface area (Å²) in [5.74, 6) is 0.459. The molecule has 2 aromatic carbocycles. The van der Waals surface area contributed by atoms with Gasteiger partial charge in [-0.3, -0.25) is 20.2 Å². The average molecular weight is 389 g/mol. The third-order valence-corrected chi connectivity index (χ3v) is 5.48. The number of hydrogen-bond donors (Lipinski definition) is 1. The van der Waals surface area contributed by atoms with Crippen LogP contribution in [0.2, 0.25) is 0 Å². The van der Waals surface area contributed by atoms with Crippen LogP contribution in [0.25, 0.3) is 10.6 Å². The highest BCUT2D eigenvalue weighted by atomic mass is 32.2. The second-order valence-electron chi connectivity index (χ2n) is 5.16. The monoisotopic (exact) mass is 389 g/mol. The summed E-state index contributed by atoms with van der Waals surface area (Å²) in [4.78, 5) is 20.6. The number of rotatable bonds is 6. The predicted octanol–water partition coefficient (Wildman–Crippen LogP) is 3.90. The maximum absolute atomic E-state index is 10.9. The molecule has 132 valence electrons.